The molecule has 0 aliphatic carbocycles. The third kappa shape index (κ3) is 4.15. The molecule has 0 N–H and O–H groups in total. The first kappa shape index (κ1) is 12.4. The van der Waals surface area contributed by atoms with Gasteiger partial charge in [-0.25, -0.2) is 0 Å². The number of hydrogen-bond donors (Lipinski definition) is 0. The molecule has 0 unspecified atom stereocenters. The molecule has 0 heterocycles. The summed E-state index contributed by atoms with van der Waals surface area (Å²) in [6.07, 6.45) is 3.75. The van der Waals surface area contributed by atoms with Gasteiger partial charge in [0.05, 0.1) is 10.6 Å². The summed E-state index contributed by atoms with van der Waals surface area (Å²) in [5, 5.41) is 9.27. The molecule has 80 valence electrons. The van der Waals surface area contributed by atoms with Crippen molar-refractivity contribution in [3.8, 4) is 6.07 Å². The van der Waals surface area contributed by atoms with Gasteiger partial charge in [0.25, 0.3) is 0 Å². The van der Waals surface area contributed by atoms with Gasteiger partial charge in [-0.3, -0.25) is 0 Å². The summed E-state index contributed by atoms with van der Waals surface area (Å²) in [7, 11) is 0. The molecular weight excluding hydrogens is 226 g/mol. The second-order valence-corrected chi connectivity index (χ2v) is 4.88. The van der Waals surface area contributed by atoms with Crippen molar-refractivity contribution in [1.29, 1.82) is 5.26 Å². The Morgan fingerprint density at radius 1 is 1.40 bits per heavy atom. The summed E-state index contributed by atoms with van der Waals surface area (Å²) >= 11 is 7.73. The molecular formula is C12H14ClNS. The van der Waals surface area contributed by atoms with Crippen molar-refractivity contribution < 1.29 is 0 Å². The van der Waals surface area contributed by atoms with E-state index < -0.39 is 0 Å². The fraction of sp³-hybridized carbons (Fsp3) is 0.417. The lowest BCUT2D eigenvalue weighted by Crippen LogP contribution is -1.82. The van der Waals surface area contributed by atoms with Crippen LogP contribution in [0.3, 0.4) is 0 Å². The fourth-order valence-corrected chi connectivity index (χ4v) is 2.46. The molecule has 0 saturated carbocycles. The highest BCUT2D eigenvalue weighted by Gasteiger charge is 2.01. The number of halogens is 1. The van der Waals surface area contributed by atoms with Crippen LogP contribution in [-0.2, 0) is 0 Å². The van der Waals surface area contributed by atoms with Gasteiger partial charge in [0.1, 0.15) is 6.07 Å². The highest BCUT2D eigenvalue weighted by atomic mass is 35.5. The maximum atomic E-state index is 8.71. The molecule has 0 saturated heterocycles. The maximum Gasteiger partial charge on any atom is 0.101 e. The molecule has 1 nitrogen and oxygen atoms in total. The third-order valence-electron chi connectivity index (χ3n) is 2.08. The number of nitriles is 1. The number of thioether (sulfide) groups is 1. The molecule has 1 aromatic rings. The van der Waals surface area contributed by atoms with Crippen LogP contribution in [0.25, 0.3) is 0 Å². The van der Waals surface area contributed by atoms with Gasteiger partial charge in [-0.05, 0) is 30.4 Å². The van der Waals surface area contributed by atoms with Crippen LogP contribution in [-0.4, -0.2) is 5.75 Å². The van der Waals surface area contributed by atoms with E-state index in [0.29, 0.717) is 10.6 Å². The smallest absolute Gasteiger partial charge is 0.101 e. The van der Waals surface area contributed by atoms with Crippen molar-refractivity contribution in [3.05, 3.63) is 28.8 Å². The highest BCUT2D eigenvalue weighted by molar-refractivity contribution is 7.99. The summed E-state index contributed by atoms with van der Waals surface area (Å²) in [5.41, 5.74) is 0.551. The Bertz CT molecular complexity index is 357. The van der Waals surface area contributed by atoms with Crippen molar-refractivity contribution in [3.63, 3.8) is 0 Å². The maximum absolute atomic E-state index is 8.71. The Morgan fingerprint density at radius 2 is 2.20 bits per heavy atom. The summed E-state index contributed by atoms with van der Waals surface area (Å²) < 4.78 is 0. The van der Waals surface area contributed by atoms with E-state index in [1.54, 1.807) is 17.8 Å². The van der Waals surface area contributed by atoms with E-state index in [0.717, 1.165) is 10.6 Å². The zero-order chi connectivity index (χ0) is 11.1. The lowest BCUT2D eigenvalue weighted by Gasteiger charge is -2.02. The molecule has 0 aliphatic rings. The Morgan fingerprint density at radius 3 is 2.80 bits per heavy atom. The minimum absolute atomic E-state index is 0.551. The van der Waals surface area contributed by atoms with Crippen LogP contribution < -0.4 is 0 Å². The SMILES string of the molecule is CCCCCSc1ccc(C#N)c(Cl)c1. The summed E-state index contributed by atoms with van der Waals surface area (Å²) in [5.74, 6) is 1.12. The first-order chi connectivity index (χ1) is 7.27. The van der Waals surface area contributed by atoms with Gasteiger partial charge < -0.3 is 0 Å². The van der Waals surface area contributed by atoms with Crippen LogP contribution >= 0.6 is 23.4 Å². The number of nitrogens with zero attached hydrogens (tertiary/aromatic N) is 1. The molecule has 15 heavy (non-hydrogen) atoms. The van der Waals surface area contributed by atoms with Crippen LogP contribution in [0.1, 0.15) is 31.7 Å². The van der Waals surface area contributed by atoms with E-state index in [1.807, 2.05) is 12.1 Å². The van der Waals surface area contributed by atoms with Crippen LogP contribution in [0, 0.1) is 11.3 Å². The van der Waals surface area contributed by atoms with Gasteiger partial charge in [0.2, 0.25) is 0 Å². The number of unbranched alkanes of at least 4 members (excludes halogenated alkanes) is 2. The van der Waals surface area contributed by atoms with Crippen LogP contribution in [0.2, 0.25) is 5.02 Å². The van der Waals surface area contributed by atoms with Gasteiger partial charge in [0, 0.05) is 4.90 Å². The molecule has 1 rings (SSSR count). The molecule has 0 spiro atoms. The van der Waals surface area contributed by atoms with Crippen molar-refractivity contribution >= 4 is 23.4 Å². The van der Waals surface area contributed by atoms with Gasteiger partial charge in [-0.15, -0.1) is 11.8 Å². The molecule has 0 radical (unpaired) electrons. The average molecular weight is 240 g/mol. The van der Waals surface area contributed by atoms with E-state index >= 15 is 0 Å². The number of benzene rings is 1. The van der Waals surface area contributed by atoms with E-state index in [-0.39, 0.29) is 0 Å². The Kier molecular flexibility index (Phi) is 5.60. The van der Waals surface area contributed by atoms with Gasteiger partial charge >= 0.3 is 0 Å². The standard InChI is InChI=1S/C12H14ClNS/c1-2-3-4-7-15-11-6-5-10(9-14)12(13)8-11/h5-6,8H,2-4,7H2,1H3. The fourth-order valence-electron chi connectivity index (χ4n) is 1.22. The quantitative estimate of drug-likeness (QED) is 0.558. The minimum atomic E-state index is 0.551. The molecule has 1 aromatic carbocycles. The second-order valence-electron chi connectivity index (χ2n) is 3.31. The zero-order valence-electron chi connectivity index (χ0n) is 8.79. The molecule has 0 aromatic heterocycles. The van der Waals surface area contributed by atoms with Crippen LogP contribution in [0.4, 0.5) is 0 Å². The monoisotopic (exact) mass is 239 g/mol. The predicted molar refractivity (Wildman–Crippen MR) is 66.4 cm³/mol. The first-order valence-corrected chi connectivity index (χ1v) is 6.46. The molecule has 0 bridgehead atoms. The molecule has 0 amide bonds. The van der Waals surface area contributed by atoms with E-state index in [4.69, 9.17) is 16.9 Å². The second kappa shape index (κ2) is 6.76. The average Bonchev–Trinajstić information content (AvgIpc) is 2.25. The van der Waals surface area contributed by atoms with Gasteiger partial charge in [-0.2, -0.15) is 5.26 Å². The Labute approximate surface area is 100 Å². The predicted octanol–water partition coefficient (Wildman–Crippen LogP) is 4.49. The van der Waals surface area contributed by atoms with Crippen LogP contribution in [0.5, 0.6) is 0 Å². The zero-order valence-corrected chi connectivity index (χ0v) is 10.4. The van der Waals surface area contributed by atoms with E-state index in [9.17, 15) is 0 Å². The summed E-state index contributed by atoms with van der Waals surface area (Å²) in [4.78, 5) is 1.15. The van der Waals surface area contributed by atoms with Crippen LogP contribution in [0.15, 0.2) is 23.1 Å². The molecule has 0 atom stereocenters. The van der Waals surface area contributed by atoms with Crippen molar-refractivity contribution in [2.75, 3.05) is 5.75 Å². The minimum Gasteiger partial charge on any atom is -0.192 e. The molecule has 3 heteroatoms. The largest absolute Gasteiger partial charge is 0.192 e. The summed E-state index contributed by atoms with van der Waals surface area (Å²) in [6.45, 7) is 2.20. The van der Waals surface area contributed by atoms with Crippen molar-refractivity contribution in [2.24, 2.45) is 0 Å². The third-order valence-corrected chi connectivity index (χ3v) is 3.47. The topological polar surface area (TPSA) is 23.8 Å². The molecule has 0 aliphatic heterocycles. The Hall–Kier alpha value is -0.650. The number of hydrogen-bond acceptors (Lipinski definition) is 2. The summed E-state index contributed by atoms with van der Waals surface area (Å²) in [6, 6.07) is 7.67. The van der Waals surface area contributed by atoms with E-state index in [1.165, 1.54) is 19.3 Å². The normalized spacial score (nSPS) is 9.93. The Balaban J connectivity index is 2.49. The highest BCUT2D eigenvalue weighted by Crippen LogP contribution is 2.25. The lowest BCUT2D eigenvalue weighted by atomic mass is 10.2. The van der Waals surface area contributed by atoms with Gasteiger partial charge in [0.15, 0.2) is 0 Å². The first-order valence-electron chi connectivity index (χ1n) is 5.10. The number of rotatable bonds is 5. The molecule has 0 fully saturated rings. The van der Waals surface area contributed by atoms with E-state index in [2.05, 4.69) is 13.0 Å². The van der Waals surface area contributed by atoms with Gasteiger partial charge in [-0.1, -0.05) is 31.4 Å². The lowest BCUT2D eigenvalue weighted by molar-refractivity contribution is 0.778. The van der Waals surface area contributed by atoms with Crippen molar-refractivity contribution in [1.82, 2.24) is 0 Å². The van der Waals surface area contributed by atoms with Crippen molar-refractivity contribution in [2.45, 2.75) is 31.1 Å².